The Balaban J connectivity index is 2.14. The highest BCUT2D eigenvalue weighted by Crippen LogP contribution is 2.06. The highest BCUT2D eigenvalue weighted by Gasteiger charge is 2.04. The fraction of sp³-hybridized carbons (Fsp3) is 0.615. The quantitative estimate of drug-likeness (QED) is 0.660. The Morgan fingerprint density at radius 3 is 2.50 bits per heavy atom. The number of nitrogens with zero attached hydrogens (tertiary/aromatic N) is 2. The number of anilines is 1. The second-order valence-corrected chi connectivity index (χ2v) is 4.30. The standard InChI is InChI=1S/C13H21N3O2/c1-2-3-4-5-6-7-10-14-12-9-8-11(13(17)18)15-16-12/h8-9H,2-7,10H2,1H3,(H,14,16)(H,17,18). The molecule has 1 aromatic rings. The Hall–Kier alpha value is -1.65. The molecule has 0 amide bonds. The van der Waals surface area contributed by atoms with Gasteiger partial charge in [0.25, 0.3) is 0 Å². The third kappa shape index (κ3) is 5.61. The van der Waals surface area contributed by atoms with Crippen molar-refractivity contribution < 1.29 is 9.90 Å². The van der Waals surface area contributed by atoms with E-state index in [1.165, 1.54) is 38.2 Å². The zero-order valence-corrected chi connectivity index (χ0v) is 10.9. The predicted molar refractivity (Wildman–Crippen MR) is 70.9 cm³/mol. The van der Waals surface area contributed by atoms with Crippen molar-refractivity contribution in [2.24, 2.45) is 0 Å². The molecule has 5 nitrogen and oxygen atoms in total. The maximum Gasteiger partial charge on any atom is 0.356 e. The van der Waals surface area contributed by atoms with Crippen LogP contribution in [0.25, 0.3) is 0 Å². The number of hydrogen-bond acceptors (Lipinski definition) is 4. The summed E-state index contributed by atoms with van der Waals surface area (Å²) in [6.07, 6.45) is 7.49. The fourth-order valence-electron chi connectivity index (χ4n) is 1.66. The molecule has 0 fully saturated rings. The average molecular weight is 251 g/mol. The molecule has 1 heterocycles. The topological polar surface area (TPSA) is 75.1 Å². The minimum Gasteiger partial charge on any atom is -0.476 e. The first-order chi connectivity index (χ1) is 8.74. The van der Waals surface area contributed by atoms with E-state index in [-0.39, 0.29) is 5.69 Å². The van der Waals surface area contributed by atoms with E-state index in [9.17, 15) is 4.79 Å². The summed E-state index contributed by atoms with van der Waals surface area (Å²) in [5.41, 5.74) is -0.0277. The highest BCUT2D eigenvalue weighted by atomic mass is 16.4. The molecule has 0 radical (unpaired) electrons. The van der Waals surface area contributed by atoms with Crippen molar-refractivity contribution >= 4 is 11.8 Å². The van der Waals surface area contributed by atoms with Gasteiger partial charge in [-0.25, -0.2) is 4.79 Å². The Kier molecular flexibility index (Phi) is 6.76. The fourth-order valence-corrected chi connectivity index (χ4v) is 1.66. The second-order valence-electron chi connectivity index (χ2n) is 4.30. The van der Waals surface area contributed by atoms with Crippen molar-refractivity contribution in [2.45, 2.75) is 45.4 Å². The number of carboxylic acids is 1. The van der Waals surface area contributed by atoms with E-state index in [0.717, 1.165) is 13.0 Å². The van der Waals surface area contributed by atoms with Crippen LogP contribution in [0.2, 0.25) is 0 Å². The third-order valence-corrected chi connectivity index (χ3v) is 2.72. The van der Waals surface area contributed by atoms with Gasteiger partial charge in [0.05, 0.1) is 0 Å². The first-order valence-corrected chi connectivity index (χ1v) is 6.55. The molecule has 2 N–H and O–H groups in total. The molecule has 18 heavy (non-hydrogen) atoms. The molecule has 1 rings (SSSR count). The normalized spacial score (nSPS) is 10.3. The molecule has 5 heteroatoms. The van der Waals surface area contributed by atoms with Crippen LogP contribution in [0.5, 0.6) is 0 Å². The lowest BCUT2D eigenvalue weighted by molar-refractivity contribution is 0.0689. The van der Waals surface area contributed by atoms with Gasteiger partial charge in [0.1, 0.15) is 5.82 Å². The summed E-state index contributed by atoms with van der Waals surface area (Å²) in [5, 5.41) is 19.2. The van der Waals surface area contributed by atoms with Crippen molar-refractivity contribution in [3.63, 3.8) is 0 Å². The average Bonchev–Trinajstić information content (AvgIpc) is 2.38. The summed E-state index contributed by atoms with van der Waals surface area (Å²) >= 11 is 0. The lowest BCUT2D eigenvalue weighted by Gasteiger charge is -2.04. The van der Waals surface area contributed by atoms with Crippen LogP contribution in [0.3, 0.4) is 0 Å². The smallest absolute Gasteiger partial charge is 0.356 e. The molecule has 0 aliphatic carbocycles. The molecular weight excluding hydrogens is 230 g/mol. The number of aromatic nitrogens is 2. The Labute approximate surface area is 108 Å². The first-order valence-electron chi connectivity index (χ1n) is 6.55. The van der Waals surface area contributed by atoms with E-state index >= 15 is 0 Å². The van der Waals surface area contributed by atoms with Crippen LogP contribution in [0.15, 0.2) is 12.1 Å². The number of nitrogens with one attached hydrogen (secondary N) is 1. The second kappa shape index (κ2) is 8.44. The van der Waals surface area contributed by atoms with Gasteiger partial charge in [-0.05, 0) is 18.6 Å². The highest BCUT2D eigenvalue weighted by molar-refractivity contribution is 5.85. The van der Waals surface area contributed by atoms with Gasteiger partial charge in [-0.1, -0.05) is 39.0 Å². The first kappa shape index (κ1) is 14.4. The number of unbranched alkanes of at least 4 members (excludes halogenated alkanes) is 5. The molecule has 0 bridgehead atoms. The molecular formula is C13H21N3O2. The van der Waals surface area contributed by atoms with Crippen LogP contribution >= 0.6 is 0 Å². The Morgan fingerprint density at radius 2 is 1.89 bits per heavy atom. The monoisotopic (exact) mass is 251 g/mol. The minimum atomic E-state index is -1.05. The molecule has 0 atom stereocenters. The minimum absolute atomic E-state index is 0.0277. The zero-order valence-electron chi connectivity index (χ0n) is 10.9. The Morgan fingerprint density at radius 1 is 1.17 bits per heavy atom. The van der Waals surface area contributed by atoms with Crippen LogP contribution in [0.4, 0.5) is 5.82 Å². The van der Waals surface area contributed by atoms with E-state index in [1.807, 2.05) is 0 Å². The van der Waals surface area contributed by atoms with Gasteiger partial charge in [-0.3, -0.25) is 0 Å². The lowest BCUT2D eigenvalue weighted by atomic mass is 10.1. The number of aromatic carboxylic acids is 1. The number of carbonyl (C=O) groups is 1. The Bertz CT molecular complexity index is 352. The van der Waals surface area contributed by atoms with E-state index in [1.54, 1.807) is 6.07 Å². The van der Waals surface area contributed by atoms with Gasteiger partial charge >= 0.3 is 5.97 Å². The number of carboxylic acid groups (broad SMARTS) is 1. The molecule has 100 valence electrons. The van der Waals surface area contributed by atoms with Crippen LogP contribution < -0.4 is 5.32 Å². The van der Waals surface area contributed by atoms with Crippen LogP contribution in [-0.2, 0) is 0 Å². The van der Waals surface area contributed by atoms with Gasteiger partial charge in [0.2, 0.25) is 0 Å². The maximum absolute atomic E-state index is 10.6. The van der Waals surface area contributed by atoms with Gasteiger partial charge in [0.15, 0.2) is 5.69 Å². The zero-order chi connectivity index (χ0) is 13.2. The molecule has 0 saturated carbocycles. The van der Waals surface area contributed by atoms with Gasteiger partial charge < -0.3 is 10.4 Å². The predicted octanol–water partition coefficient (Wildman–Crippen LogP) is 2.95. The van der Waals surface area contributed by atoms with Crippen molar-refractivity contribution in [3.8, 4) is 0 Å². The molecule has 0 aromatic carbocycles. The van der Waals surface area contributed by atoms with E-state index < -0.39 is 5.97 Å². The maximum atomic E-state index is 10.6. The molecule has 0 saturated heterocycles. The summed E-state index contributed by atoms with van der Waals surface area (Å²) in [6, 6.07) is 3.10. The molecule has 1 aromatic heterocycles. The van der Waals surface area contributed by atoms with Crippen molar-refractivity contribution in [3.05, 3.63) is 17.8 Å². The number of hydrogen-bond donors (Lipinski definition) is 2. The molecule has 0 aliphatic heterocycles. The molecule has 0 unspecified atom stereocenters. The van der Waals surface area contributed by atoms with Gasteiger partial charge in [0, 0.05) is 6.54 Å². The van der Waals surface area contributed by atoms with E-state index in [0.29, 0.717) is 5.82 Å². The molecule has 0 spiro atoms. The van der Waals surface area contributed by atoms with Gasteiger partial charge in [-0.15, -0.1) is 10.2 Å². The third-order valence-electron chi connectivity index (χ3n) is 2.72. The number of rotatable bonds is 9. The van der Waals surface area contributed by atoms with Crippen LogP contribution in [0.1, 0.15) is 55.9 Å². The van der Waals surface area contributed by atoms with Crippen LogP contribution in [-0.4, -0.2) is 27.8 Å². The SMILES string of the molecule is CCCCCCCCNc1ccc(C(=O)O)nn1. The summed E-state index contributed by atoms with van der Waals surface area (Å²) in [6.45, 7) is 3.06. The summed E-state index contributed by atoms with van der Waals surface area (Å²) in [7, 11) is 0. The molecule has 0 aliphatic rings. The van der Waals surface area contributed by atoms with E-state index in [2.05, 4.69) is 22.4 Å². The van der Waals surface area contributed by atoms with Crippen LogP contribution in [0, 0.1) is 0 Å². The summed E-state index contributed by atoms with van der Waals surface area (Å²) < 4.78 is 0. The van der Waals surface area contributed by atoms with Crippen molar-refractivity contribution in [1.82, 2.24) is 10.2 Å². The summed E-state index contributed by atoms with van der Waals surface area (Å²) in [5.74, 6) is -0.418. The largest absolute Gasteiger partial charge is 0.476 e. The lowest BCUT2D eigenvalue weighted by Crippen LogP contribution is -2.07. The van der Waals surface area contributed by atoms with Crippen molar-refractivity contribution in [1.29, 1.82) is 0 Å². The van der Waals surface area contributed by atoms with Gasteiger partial charge in [-0.2, -0.15) is 0 Å². The van der Waals surface area contributed by atoms with Crippen molar-refractivity contribution in [2.75, 3.05) is 11.9 Å². The summed E-state index contributed by atoms with van der Waals surface area (Å²) in [4.78, 5) is 10.6. The van der Waals surface area contributed by atoms with E-state index in [4.69, 9.17) is 5.11 Å².